The Morgan fingerprint density at radius 3 is 2.86 bits per heavy atom. The summed E-state index contributed by atoms with van der Waals surface area (Å²) in [5.74, 6) is -0.239. The molecular formula is C17H21NO3. The second-order valence-electron chi connectivity index (χ2n) is 6.00. The Hall–Kier alpha value is -1.81. The van der Waals surface area contributed by atoms with Gasteiger partial charge in [0, 0.05) is 18.0 Å². The van der Waals surface area contributed by atoms with Gasteiger partial charge >= 0.3 is 5.97 Å². The molecule has 4 heteroatoms. The summed E-state index contributed by atoms with van der Waals surface area (Å²) in [5, 5.41) is 13.4. The number of aromatic carboxylic acids is 1. The Labute approximate surface area is 124 Å². The number of benzene rings is 1. The van der Waals surface area contributed by atoms with E-state index in [2.05, 4.69) is 12.2 Å². The van der Waals surface area contributed by atoms with E-state index in [0.29, 0.717) is 11.6 Å². The number of carboxylic acid groups (broad SMARTS) is 1. The first-order chi connectivity index (χ1) is 10.1. The number of furan rings is 1. The Balaban J connectivity index is 1.67. The lowest BCUT2D eigenvalue weighted by Gasteiger charge is -2.20. The van der Waals surface area contributed by atoms with Crippen molar-refractivity contribution in [1.29, 1.82) is 0 Å². The number of fused-ring (bicyclic) bond motifs is 1. The van der Waals surface area contributed by atoms with E-state index in [9.17, 15) is 4.79 Å². The van der Waals surface area contributed by atoms with Gasteiger partial charge in [-0.15, -0.1) is 0 Å². The van der Waals surface area contributed by atoms with Gasteiger partial charge in [0.15, 0.2) is 0 Å². The first kappa shape index (κ1) is 14.1. The highest BCUT2D eigenvalue weighted by molar-refractivity contribution is 5.91. The van der Waals surface area contributed by atoms with Gasteiger partial charge in [0.05, 0.1) is 0 Å². The standard InChI is InChI=1S/C17H21NO3/c1-11(13-4-2-3-5-13)18-10-12-6-7-15-14(8-12)9-16(21-15)17(19)20/h6-9,11,13,18H,2-5,10H2,1H3,(H,19,20). The molecule has 0 radical (unpaired) electrons. The van der Waals surface area contributed by atoms with Crippen LogP contribution in [0.1, 0.15) is 48.7 Å². The van der Waals surface area contributed by atoms with Crippen LogP contribution in [0.25, 0.3) is 11.0 Å². The van der Waals surface area contributed by atoms with Gasteiger partial charge in [-0.05, 0) is 49.4 Å². The maximum atomic E-state index is 10.9. The molecule has 0 spiro atoms. The molecule has 1 atom stereocenters. The van der Waals surface area contributed by atoms with E-state index in [1.807, 2.05) is 18.2 Å². The highest BCUT2D eigenvalue weighted by atomic mass is 16.4. The van der Waals surface area contributed by atoms with E-state index >= 15 is 0 Å². The van der Waals surface area contributed by atoms with E-state index in [1.54, 1.807) is 6.07 Å². The van der Waals surface area contributed by atoms with Gasteiger partial charge < -0.3 is 14.8 Å². The van der Waals surface area contributed by atoms with Gasteiger partial charge in [-0.3, -0.25) is 0 Å². The summed E-state index contributed by atoms with van der Waals surface area (Å²) in [6.07, 6.45) is 5.37. The monoisotopic (exact) mass is 287 g/mol. The number of carboxylic acids is 1. The van der Waals surface area contributed by atoms with Gasteiger partial charge in [-0.1, -0.05) is 18.9 Å². The molecule has 1 aromatic carbocycles. The Morgan fingerprint density at radius 2 is 2.14 bits per heavy atom. The molecule has 3 rings (SSSR count). The second-order valence-corrected chi connectivity index (χ2v) is 6.00. The summed E-state index contributed by atoms with van der Waals surface area (Å²) in [6.45, 7) is 3.07. The summed E-state index contributed by atoms with van der Waals surface area (Å²) in [6, 6.07) is 7.95. The van der Waals surface area contributed by atoms with E-state index in [0.717, 1.165) is 23.4 Å². The van der Waals surface area contributed by atoms with Crippen LogP contribution in [0, 0.1) is 5.92 Å². The van der Waals surface area contributed by atoms with Crippen LogP contribution < -0.4 is 5.32 Å². The quantitative estimate of drug-likeness (QED) is 0.878. The number of rotatable bonds is 5. The van der Waals surface area contributed by atoms with Crippen LogP contribution in [-0.4, -0.2) is 17.1 Å². The van der Waals surface area contributed by atoms with E-state index in [4.69, 9.17) is 9.52 Å². The first-order valence-electron chi connectivity index (χ1n) is 7.62. The molecule has 2 aromatic rings. The maximum absolute atomic E-state index is 10.9. The van der Waals surface area contributed by atoms with Gasteiger partial charge in [0.2, 0.25) is 5.76 Å². The van der Waals surface area contributed by atoms with Crippen molar-refractivity contribution in [3.8, 4) is 0 Å². The topological polar surface area (TPSA) is 62.5 Å². The number of nitrogens with one attached hydrogen (secondary N) is 1. The summed E-state index contributed by atoms with van der Waals surface area (Å²) in [5.41, 5.74) is 1.78. The molecule has 0 bridgehead atoms. The number of carbonyl (C=O) groups is 1. The molecule has 21 heavy (non-hydrogen) atoms. The minimum Gasteiger partial charge on any atom is -0.475 e. The van der Waals surface area contributed by atoms with Crippen LogP contribution in [0.3, 0.4) is 0 Å². The molecule has 112 valence electrons. The molecule has 1 fully saturated rings. The molecule has 0 amide bonds. The van der Waals surface area contributed by atoms with Crippen molar-refractivity contribution < 1.29 is 14.3 Å². The van der Waals surface area contributed by atoms with Crippen molar-refractivity contribution in [3.05, 3.63) is 35.6 Å². The lowest BCUT2D eigenvalue weighted by molar-refractivity contribution is 0.0665. The molecule has 1 saturated carbocycles. The van der Waals surface area contributed by atoms with Crippen molar-refractivity contribution in [1.82, 2.24) is 5.32 Å². The molecule has 1 unspecified atom stereocenters. The summed E-state index contributed by atoms with van der Waals surface area (Å²) < 4.78 is 5.27. The Kier molecular flexibility index (Phi) is 3.97. The molecule has 1 aliphatic rings. The molecule has 1 aromatic heterocycles. The SMILES string of the molecule is CC(NCc1ccc2oc(C(=O)O)cc2c1)C1CCCC1. The third kappa shape index (κ3) is 3.10. The fourth-order valence-electron chi connectivity index (χ4n) is 3.21. The van der Waals surface area contributed by atoms with Gasteiger partial charge in [0.1, 0.15) is 5.58 Å². The second kappa shape index (κ2) is 5.90. The molecular weight excluding hydrogens is 266 g/mol. The van der Waals surface area contributed by atoms with Crippen molar-refractivity contribution >= 4 is 16.9 Å². The van der Waals surface area contributed by atoms with Crippen molar-refractivity contribution in [2.24, 2.45) is 5.92 Å². The predicted molar refractivity (Wildman–Crippen MR) is 81.4 cm³/mol. The van der Waals surface area contributed by atoms with Crippen LogP contribution in [0.2, 0.25) is 0 Å². The van der Waals surface area contributed by atoms with Gasteiger partial charge in [0.25, 0.3) is 0 Å². The smallest absolute Gasteiger partial charge is 0.371 e. The summed E-state index contributed by atoms with van der Waals surface area (Å²) in [4.78, 5) is 10.9. The van der Waals surface area contributed by atoms with Crippen molar-refractivity contribution in [2.75, 3.05) is 0 Å². The zero-order valence-electron chi connectivity index (χ0n) is 12.3. The molecule has 1 aliphatic carbocycles. The molecule has 0 saturated heterocycles. The van der Waals surface area contributed by atoms with E-state index in [1.165, 1.54) is 25.7 Å². The zero-order valence-corrected chi connectivity index (χ0v) is 12.3. The third-order valence-electron chi connectivity index (χ3n) is 4.53. The molecule has 4 nitrogen and oxygen atoms in total. The minimum atomic E-state index is -1.03. The number of hydrogen-bond donors (Lipinski definition) is 2. The van der Waals surface area contributed by atoms with Crippen LogP contribution >= 0.6 is 0 Å². The van der Waals surface area contributed by atoms with E-state index in [-0.39, 0.29) is 5.76 Å². The maximum Gasteiger partial charge on any atom is 0.371 e. The largest absolute Gasteiger partial charge is 0.475 e. The van der Waals surface area contributed by atoms with Crippen molar-refractivity contribution in [2.45, 2.75) is 45.2 Å². The van der Waals surface area contributed by atoms with Crippen LogP contribution in [0.5, 0.6) is 0 Å². The van der Waals surface area contributed by atoms with Crippen LogP contribution in [-0.2, 0) is 6.54 Å². The highest BCUT2D eigenvalue weighted by Gasteiger charge is 2.20. The predicted octanol–water partition coefficient (Wildman–Crippen LogP) is 3.80. The number of hydrogen-bond acceptors (Lipinski definition) is 3. The van der Waals surface area contributed by atoms with E-state index < -0.39 is 5.97 Å². The third-order valence-corrected chi connectivity index (χ3v) is 4.53. The zero-order chi connectivity index (χ0) is 14.8. The first-order valence-corrected chi connectivity index (χ1v) is 7.62. The molecule has 0 aliphatic heterocycles. The average molecular weight is 287 g/mol. The fraction of sp³-hybridized carbons (Fsp3) is 0.471. The lowest BCUT2D eigenvalue weighted by atomic mass is 9.99. The lowest BCUT2D eigenvalue weighted by Crippen LogP contribution is -2.31. The molecule has 1 heterocycles. The van der Waals surface area contributed by atoms with Crippen molar-refractivity contribution in [3.63, 3.8) is 0 Å². The fourth-order valence-corrected chi connectivity index (χ4v) is 3.21. The molecule has 2 N–H and O–H groups in total. The van der Waals surface area contributed by atoms with Crippen LogP contribution in [0.15, 0.2) is 28.7 Å². The minimum absolute atomic E-state index is 0.00515. The summed E-state index contributed by atoms with van der Waals surface area (Å²) in [7, 11) is 0. The Morgan fingerprint density at radius 1 is 1.38 bits per heavy atom. The summed E-state index contributed by atoms with van der Waals surface area (Å²) >= 11 is 0. The van der Waals surface area contributed by atoms with Crippen LogP contribution in [0.4, 0.5) is 0 Å². The van der Waals surface area contributed by atoms with Gasteiger partial charge in [-0.2, -0.15) is 0 Å². The van der Waals surface area contributed by atoms with Gasteiger partial charge in [-0.25, -0.2) is 4.79 Å². The Bertz CT molecular complexity index is 641. The highest BCUT2D eigenvalue weighted by Crippen LogP contribution is 2.28. The average Bonchev–Trinajstić information content (AvgIpc) is 3.13. The normalized spacial score (nSPS) is 17.4.